The van der Waals surface area contributed by atoms with Crippen molar-refractivity contribution in [1.29, 1.82) is 0 Å². The summed E-state index contributed by atoms with van der Waals surface area (Å²) in [5.41, 5.74) is 0.274. The minimum Gasteiger partial charge on any atom is -0.386 e. The molecule has 1 saturated heterocycles. The van der Waals surface area contributed by atoms with Crippen LogP contribution in [0, 0.1) is 22.7 Å². The number of ether oxygens (including phenoxy) is 2. The maximum absolute atomic E-state index is 10.4. The molecule has 140 valence electrons. The van der Waals surface area contributed by atoms with Crippen LogP contribution < -0.4 is 0 Å². The second-order valence-electron chi connectivity index (χ2n) is 9.12. The highest BCUT2D eigenvalue weighted by Gasteiger charge is 2.37. The van der Waals surface area contributed by atoms with E-state index < -0.39 is 12.4 Å². The van der Waals surface area contributed by atoms with Gasteiger partial charge in [0.25, 0.3) is 0 Å². The van der Waals surface area contributed by atoms with Crippen LogP contribution in [0.25, 0.3) is 0 Å². The number of likely N-dealkylation sites (N-methyl/N-ethyl adjacent to an activating group) is 1. The molecule has 4 nitrogen and oxygen atoms in total. The van der Waals surface area contributed by atoms with E-state index in [0.29, 0.717) is 13.0 Å². The van der Waals surface area contributed by atoms with Gasteiger partial charge >= 0.3 is 0 Å². The van der Waals surface area contributed by atoms with Crippen molar-refractivity contribution >= 4 is 0 Å². The van der Waals surface area contributed by atoms with E-state index in [4.69, 9.17) is 9.47 Å². The third kappa shape index (κ3) is 7.53. The molecule has 0 amide bonds. The lowest BCUT2D eigenvalue weighted by molar-refractivity contribution is -0.251. The van der Waals surface area contributed by atoms with Crippen molar-refractivity contribution in [1.82, 2.24) is 4.90 Å². The molecule has 1 fully saturated rings. The molecule has 0 bridgehead atoms. The fraction of sp³-hybridized carbons (Fsp3) is 0.900. The van der Waals surface area contributed by atoms with Gasteiger partial charge in [-0.3, -0.25) is 0 Å². The standard InChI is InChI=1S/C20H37NO3/c1-15-13-16(21(7)8)17(22)18(24-15)23-12-10-9-11-20(5,6)14-19(2,3)4/h15-18,22H,10,12-14H2,1-8H3. The third-order valence-corrected chi connectivity index (χ3v) is 4.18. The fourth-order valence-electron chi connectivity index (χ4n) is 3.58. The lowest BCUT2D eigenvalue weighted by atomic mass is 9.77. The summed E-state index contributed by atoms with van der Waals surface area (Å²) in [5.74, 6) is 6.58. The molecule has 0 aromatic carbocycles. The molecule has 1 rings (SSSR count). The van der Waals surface area contributed by atoms with Crippen LogP contribution in [0.4, 0.5) is 0 Å². The van der Waals surface area contributed by atoms with E-state index in [9.17, 15) is 5.11 Å². The van der Waals surface area contributed by atoms with Gasteiger partial charge in [-0.2, -0.15) is 0 Å². The number of nitrogens with zero attached hydrogens (tertiary/aromatic N) is 1. The molecule has 0 spiro atoms. The summed E-state index contributed by atoms with van der Waals surface area (Å²) >= 11 is 0. The van der Waals surface area contributed by atoms with Gasteiger partial charge in [0.1, 0.15) is 6.10 Å². The summed E-state index contributed by atoms with van der Waals surface area (Å²) in [4.78, 5) is 2.04. The predicted octanol–water partition coefficient (Wildman–Crippen LogP) is 3.28. The van der Waals surface area contributed by atoms with Crippen molar-refractivity contribution < 1.29 is 14.6 Å². The first-order valence-electron chi connectivity index (χ1n) is 9.03. The molecule has 0 saturated carbocycles. The SMILES string of the molecule is CC1CC(N(C)C)C(O)C(OCCC#CC(C)(C)CC(C)(C)C)O1. The second-order valence-corrected chi connectivity index (χ2v) is 9.12. The van der Waals surface area contributed by atoms with Gasteiger partial charge in [-0.15, -0.1) is 5.92 Å². The summed E-state index contributed by atoms with van der Waals surface area (Å²) in [6.45, 7) is 13.6. The Balaban J connectivity index is 2.46. The van der Waals surface area contributed by atoms with Crippen molar-refractivity contribution in [2.75, 3.05) is 20.7 Å². The Morgan fingerprint density at radius 2 is 1.83 bits per heavy atom. The van der Waals surface area contributed by atoms with Crippen molar-refractivity contribution in [3.63, 3.8) is 0 Å². The molecule has 1 N–H and O–H groups in total. The highest BCUT2D eigenvalue weighted by Crippen LogP contribution is 2.32. The lowest BCUT2D eigenvalue weighted by Crippen LogP contribution is -2.54. The van der Waals surface area contributed by atoms with Crippen molar-refractivity contribution in [3.8, 4) is 11.8 Å². The molecule has 0 radical (unpaired) electrons. The van der Waals surface area contributed by atoms with Crippen molar-refractivity contribution in [2.45, 2.75) is 85.3 Å². The molecule has 0 aromatic heterocycles. The van der Waals surface area contributed by atoms with E-state index >= 15 is 0 Å². The van der Waals surface area contributed by atoms with E-state index in [1.165, 1.54) is 0 Å². The smallest absolute Gasteiger partial charge is 0.185 e. The van der Waals surface area contributed by atoms with E-state index in [2.05, 4.69) is 46.5 Å². The molecule has 1 heterocycles. The van der Waals surface area contributed by atoms with Crippen LogP contribution in [-0.4, -0.2) is 55.2 Å². The summed E-state index contributed by atoms with van der Waals surface area (Å²) < 4.78 is 11.5. The Morgan fingerprint density at radius 1 is 1.21 bits per heavy atom. The van der Waals surface area contributed by atoms with Crippen LogP contribution in [0.1, 0.15) is 60.8 Å². The summed E-state index contributed by atoms with van der Waals surface area (Å²) in [7, 11) is 3.96. The van der Waals surface area contributed by atoms with Crippen LogP contribution in [-0.2, 0) is 9.47 Å². The van der Waals surface area contributed by atoms with Gasteiger partial charge in [0, 0.05) is 17.9 Å². The van der Waals surface area contributed by atoms with Gasteiger partial charge in [0.2, 0.25) is 0 Å². The molecule has 0 aromatic rings. The highest BCUT2D eigenvalue weighted by molar-refractivity contribution is 5.09. The topological polar surface area (TPSA) is 41.9 Å². The first-order chi connectivity index (χ1) is 10.9. The summed E-state index contributed by atoms with van der Waals surface area (Å²) in [5, 5.41) is 10.4. The zero-order chi connectivity index (χ0) is 18.5. The normalized spacial score (nSPS) is 28.6. The van der Waals surface area contributed by atoms with Crippen molar-refractivity contribution in [3.05, 3.63) is 0 Å². The quantitative estimate of drug-likeness (QED) is 0.616. The van der Waals surface area contributed by atoms with E-state index in [1.807, 2.05) is 25.9 Å². The first-order valence-corrected chi connectivity index (χ1v) is 9.03. The third-order valence-electron chi connectivity index (χ3n) is 4.18. The monoisotopic (exact) mass is 339 g/mol. The van der Waals surface area contributed by atoms with Crippen LogP contribution >= 0.6 is 0 Å². The van der Waals surface area contributed by atoms with E-state index in [0.717, 1.165) is 12.8 Å². The Hall–Kier alpha value is -0.600. The average Bonchev–Trinajstić information content (AvgIpc) is 2.38. The van der Waals surface area contributed by atoms with Crippen molar-refractivity contribution in [2.24, 2.45) is 10.8 Å². The predicted molar refractivity (Wildman–Crippen MR) is 98.6 cm³/mol. The summed E-state index contributed by atoms with van der Waals surface area (Å²) in [6, 6.07) is 0.0653. The molecule has 1 aliphatic heterocycles. The highest BCUT2D eigenvalue weighted by atomic mass is 16.7. The average molecular weight is 340 g/mol. The van der Waals surface area contributed by atoms with Gasteiger partial charge in [-0.25, -0.2) is 0 Å². The molecular formula is C20H37NO3. The molecule has 0 aliphatic carbocycles. The van der Waals surface area contributed by atoms with Gasteiger partial charge in [-0.05, 0) is 53.1 Å². The largest absolute Gasteiger partial charge is 0.386 e. The molecule has 24 heavy (non-hydrogen) atoms. The van der Waals surface area contributed by atoms with Crippen LogP contribution in [0.3, 0.4) is 0 Å². The number of hydrogen-bond donors (Lipinski definition) is 1. The first kappa shape index (κ1) is 21.4. The zero-order valence-electron chi connectivity index (χ0n) is 16.8. The van der Waals surface area contributed by atoms with Crippen LogP contribution in [0.2, 0.25) is 0 Å². The van der Waals surface area contributed by atoms with Gasteiger partial charge < -0.3 is 19.5 Å². The fourth-order valence-corrected chi connectivity index (χ4v) is 3.58. The minimum absolute atomic E-state index is 0.00361. The molecular weight excluding hydrogens is 302 g/mol. The lowest BCUT2D eigenvalue weighted by Gasteiger charge is -2.40. The van der Waals surface area contributed by atoms with Gasteiger partial charge in [-0.1, -0.05) is 26.7 Å². The zero-order valence-corrected chi connectivity index (χ0v) is 16.8. The number of aliphatic hydroxyl groups is 1. The Labute approximate surface area is 148 Å². The van der Waals surface area contributed by atoms with Crippen LogP contribution in [0.5, 0.6) is 0 Å². The Kier molecular flexibility index (Phi) is 7.75. The maximum Gasteiger partial charge on any atom is 0.185 e. The van der Waals surface area contributed by atoms with Gasteiger partial charge in [0.15, 0.2) is 6.29 Å². The number of hydrogen-bond acceptors (Lipinski definition) is 4. The summed E-state index contributed by atoms with van der Waals surface area (Å²) in [6.07, 6.45) is 1.42. The molecule has 4 heteroatoms. The Morgan fingerprint density at radius 3 is 2.38 bits per heavy atom. The molecule has 4 unspecified atom stereocenters. The maximum atomic E-state index is 10.4. The number of rotatable bonds is 5. The molecule has 4 atom stereocenters. The Bertz CT molecular complexity index is 442. The van der Waals surface area contributed by atoms with E-state index in [1.54, 1.807) is 0 Å². The minimum atomic E-state index is -0.624. The van der Waals surface area contributed by atoms with Gasteiger partial charge in [0.05, 0.1) is 12.7 Å². The second kappa shape index (κ2) is 8.67. The number of aliphatic hydroxyl groups excluding tert-OH is 1. The van der Waals surface area contributed by atoms with E-state index in [-0.39, 0.29) is 23.0 Å². The molecule has 1 aliphatic rings. The van der Waals surface area contributed by atoms with Crippen LogP contribution in [0.15, 0.2) is 0 Å².